The van der Waals surface area contributed by atoms with E-state index in [2.05, 4.69) is 0 Å². The first-order valence-electron chi connectivity index (χ1n) is 3.86. The number of hydrogen-bond donors (Lipinski definition) is 2. The Morgan fingerprint density at radius 3 is 2.62 bits per heavy atom. The second-order valence-electron chi connectivity index (χ2n) is 2.57. The van der Waals surface area contributed by atoms with Crippen molar-refractivity contribution < 1.29 is 9.90 Å². The van der Waals surface area contributed by atoms with Crippen LogP contribution < -0.4 is 10.2 Å². The average Bonchev–Trinajstić information content (AvgIpc) is 2.15. The van der Waals surface area contributed by atoms with E-state index >= 15 is 0 Å². The van der Waals surface area contributed by atoms with E-state index in [9.17, 15) is 4.79 Å². The molecule has 0 radical (unpaired) electrons. The van der Waals surface area contributed by atoms with E-state index in [0.717, 1.165) is 0 Å². The predicted octanol–water partition coefficient (Wildman–Crippen LogP) is -0.154. The molecule has 0 aliphatic heterocycles. The Morgan fingerprint density at radius 2 is 2.08 bits per heavy atom. The molecule has 0 saturated carbocycles. The summed E-state index contributed by atoms with van der Waals surface area (Å²) in [4.78, 5) is 10.4. The van der Waals surface area contributed by atoms with Gasteiger partial charge < -0.3 is 0 Å². The molecule has 1 aromatic rings. The number of rotatable bonds is 4. The van der Waals surface area contributed by atoms with Crippen LogP contribution in [0.5, 0.6) is 0 Å². The third kappa shape index (κ3) is 3.59. The molecule has 0 saturated heterocycles. The molecule has 0 fully saturated rings. The minimum atomic E-state index is -0.919. The SMILES string of the molecule is NC(C[Se]c1ccccc1)C(=O)O. The zero-order valence-electron chi connectivity index (χ0n) is 7.01. The Balaban J connectivity index is 2.39. The third-order valence-corrected chi connectivity index (χ3v) is 3.86. The van der Waals surface area contributed by atoms with Gasteiger partial charge in [-0.2, -0.15) is 0 Å². The van der Waals surface area contributed by atoms with E-state index in [1.807, 2.05) is 30.3 Å². The maximum atomic E-state index is 10.4. The summed E-state index contributed by atoms with van der Waals surface area (Å²) < 4.78 is 1.19. The van der Waals surface area contributed by atoms with Crippen LogP contribution in [0.3, 0.4) is 0 Å². The predicted molar refractivity (Wildman–Crippen MR) is 52.2 cm³/mol. The van der Waals surface area contributed by atoms with Gasteiger partial charge in [-0.15, -0.1) is 0 Å². The van der Waals surface area contributed by atoms with Gasteiger partial charge in [-0.3, -0.25) is 0 Å². The number of carboxylic acid groups (broad SMARTS) is 1. The molecule has 0 amide bonds. The van der Waals surface area contributed by atoms with Crippen LogP contribution in [-0.2, 0) is 4.79 Å². The van der Waals surface area contributed by atoms with Crippen molar-refractivity contribution in [2.45, 2.75) is 11.4 Å². The van der Waals surface area contributed by atoms with E-state index < -0.39 is 12.0 Å². The van der Waals surface area contributed by atoms with Crippen LogP contribution in [0, 0.1) is 0 Å². The molecule has 1 atom stereocenters. The third-order valence-electron chi connectivity index (χ3n) is 1.49. The molecule has 3 nitrogen and oxygen atoms in total. The van der Waals surface area contributed by atoms with E-state index in [1.165, 1.54) is 4.46 Å². The van der Waals surface area contributed by atoms with Crippen molar-refractivity contribution in [1.82, 2.24) is 0 Å². The molecular formula is C9H11NO2Se. The van der Waals surface area contributed by atoms with Crippen molar-refractivity contribution in [2.24, 2.45) is 5.73 Å². The summed E-state index contributed by atoms with van der Waals surface area (Å²) in [6.07, 6.45) is 0. The molecule has 4 heteroatoms. The van der Waals surface area contributed by atoms with Crippen molar-refractivity contribution >= 4 is 25.4 Å². The number of hydrogen-bond acceptors (Lipinski definition) is 2. The van der Waals surface area contributed by atoms with Crippen molar-refractivity contribution in [1.29, 1.82) is 0 Å². The molecule has 13 heavy (non-hydrogen) atoms. The van der Waals surface area contributed by atoms with Gasteiger partial charge in [0, 0.05) is 0 Å². The molecule has 1 unspecified atom stereocenters. The normalized spacial score (nSPS) is 12.4. The first-order chi connectivity index (χ1) is 6.20. The second kappa shape index (κ2) is 5.02. The molecule has 1 rings (SSSR count). The van der Waals surface area contributed by atoms with Gasteiger partial charge in [0.1, 0.15) is 0 Å². The zero-order chi connectivity index (χ0) is 9.68. The van der Waals surface area contributed by atoms with Gasteiger partial charge in [-0.1, -0.05) is 0 Å². The fourth-order valence-corrected chi connectivity index (χ4v) is 2.59. The van der Waals surface area contributed by atoms with Crippen molar-refractivity contribution in [3.05, 3.63) is 30.3 Å². The summed E-state index contributed by atoms with van der Waals surface area (Å²) in [6, 6.07) is 9.10. The number of aliphatic carboxylic acids is 1. The molecule has 0 aromatic heterocycles. The standard InChI is InChI=1S/C9H11NO2Se/c10-8(9(11)12)6-13-7-4-2-1-3-5-7/h1-5,8H,6,10H2,(H,11,12). The first-order valence-corrected chi connectivity index (χ1v) is 5.93. The molecular weight excluding hydrogens is 233 g/mol. The summed E-state index contributed by atoms with van der Waals surface area (Å²) in [5.74, 6) is -0.919. The van der Waals surface area contributed by atoms with Crippen LogP contribution in [0.15, 0.2) is 30.3 Å². The van der Waals surface area contributed by atoms with Crippen LogP contribution in [-0.4, -0.2) is 32.1 Å². The Kier molecular flexibility index (Phi) is 3.96. The molecule has 1 aromatic carbocycles. The average molecular weight is 244 g/mol. The van der Waals surface area contributed by atoms with E-state index in [1.54, 1.807) is 0 Å². The summed E-state index contributed by atoms with van der Waals surface area (Å²) in [5.41, 5.74) is 5.38. The van der Waals surface area contributed by atoms with Gasteiger partial charge in [0.05, 0.1) is 0 Å². The quantitative estimate of drug-likeness (QED) is 0.724. The molecule has 0 spiro atoms. The Morgan fingerprint density at radius 1 is 1.46 bits per heavy atom. The van der Waals surface area contributed by atoms with Gasteiger partial charge >= 0.3 is 82.7 Å². The minimum absolute atomic E-state index is 0.166. The Hall–Kier alpha value is -0.831. The topological polar surface area (TPSA) is 63.3 Å². The van der Waals surface area contributed by atoms with Crippen molar-refractivity contribution in [3.63, 3.8) is 0 Å². The van der Waals surface area contributed by atoms with Gasteiger partial charge in [-0.05, 0) is 0 Å². The monoisotopic (exact) mass is 245 g/mol. The van der Waals surface area contributed by atoms with E-state index in [-0.39, 0.29) is 15.0 Å². The fourth-order valence-electron chi connectivity index (χ4n) is 0.774. The molecule has 0 aliphatic carbocycles. The van der Waals surface area contributed by atoms with Crippen molar-refractivity contribution in [2.75, 3.05) is 0 Å². The Bertz CT molecular complexity index is 276. The van der Waals surface area contributed by atoms with Crippen LogP contribution >= 0.6 is 0 Å². The Labute approximate surface area is 83.1 Å². The van der Waals surface area contributed by atoms with Crippen LogP contribution in [0.25, 0.3) is 0 Å². The summed E-state index contributed by atoms with van der Waals surface area (Å²) >= 11 is 0.166. The molecule has 70 valence electrons. The van der Waals surface area contributed by atoms with Gasteiger partial charge in [0.25, 0.3) is 0 Å². The van der Waals surface area contributed by atoms with Crippen LogP contribution in [0.1, 0.15) is 0 Å². The number of nitrogens with two attached hydrogens (primary N) is 1. The van der Waals surface area contributed by atoms with Gasteiger partial charge in [0.2, 0.25) is 0 Å². The van der Waals surface area contributed by atoms with E-state index in [0.29, 0.717) is 5.32 Å². The number of carbonyl (C=O) groups is 1. The number of benzene rings is 1. The van der Waals surface area contributed by atoms with Gasteiger partial charge in [0.15, 0.2) is 0 Å². The zero-order valence-corrected chi connectivity index (χ0v) is 8.73. The molecule has 0 aliphatic rings. The molecule has 0 heterocycles. The second-order valence-corrected chi connectivity index (χ2v) is 4.86. The first kappa shape index (κ1) is 10.3. The summed E-state index contributed by atoms with van der Waals surface area (Å²) in [5, 5.41) is 9.09. The van der Waals surface area contributed by atoms with Crippen LogP contribution in [0.4, 0.5) is 0 Å². The molecule has 0 bridgehead atoms. The summed E-state index contributed by atoms with van der Waals surface area (Å²) in [6.45, 7) is 0. The number of carboxylic acids is 1. The molecule has 3 N–H and O–H groups in total. The summed E-state index contributed by atoms with van der Waals surface area (Å²) in [7, 11) is 0. The van der Waals surface area contributed by atoms with Crippen molar-refractivity contribution in [3.8, 4) is 0 Å². The van der Waals surface area contributed by atoms with E-state index in [4.69, 9.17) is 10.8 Å². The maximum absolute atomic E-state index is 10.4. The fraction of sp³-hybridized carbons (Fsp3) is 0.222. The van der Waals surface area contributed by atoms with Crippen LogP contribution in [0.2, 0.25) is 5.32 Å². The van der Waals surface area contributed by atoms with Gasteiger partial charge in [-0.25, -0.2) is 0 Å².